The SMILES string of the molecule is COc1cc(Oc2cc(F)c3c(c2)ncn3C)c(C)c(F)c1Nc1ncnc2ccc(Cl)nc12. The Bertz CT molecular complexity index is 1570. The number of aromatic nitrogens is 5. The van der Waals surface area contributed by atoms with Crippen LogP contribution in [0.3, 0.4) is 0 Å². The number of anilines is 2. The van der Waals surface area contributed by atoms with Crippen molar-refractivity contribution in [3.05, 3.63) is 65.3 Å². The van der Waals surface area contributed by atoms with E-state index in [2.05, 4.69) is 25.3 Å². The van der Waals surface area contributed by atoms with E-state index in [4.69, 9.17) is 21.1 Å². The van der Waals surface area contributed by atoms with Gasteiger partial charge >= 0.3 is 0 Å². The van der Waals surface area contributed by atoms with Crippen molar-refractivity contribution in [3.8, 4) is 17.2 Å². The maximum Gasteiger partial charge on any atom is 0.160 e. The molecule has 172 valence electrons. The summed E-state index contributed by atoms with van der Waals surface area (Å²) in [6.07, 6.45) is 2.84. The van der Waals surface area contributed by atoms with Crippen molar-refractivity contribution in [3.63, 3.8) is 0 Å². The van der Waals surface area contributed by atoms with E-state index in [1.54, 1.807) is 29.8 Å². The minimum Gasteiger partial charge on any atom is -0.494 e. The van der Waals surface area contributed by atoms with Crippen molar-refractivity contribution in [1.29, 1.82) is 0 Å². The fourth-order valence-corrected chi connectivity index (χ4v) is 3.76. The van der Waals surface area contributed by atoms with E-state index in [1.165, 1.54) is 38.8 Å². The van der Waals surface area contributed by atoms with Crippen LogP contribution in [0.4, 0.5) is 20.3 Å². The topological polar surface area (TPSA) is 87.0 Å². The molecule has 0 fully saturated rings. The second-order valence-corrected chi connectivity index (χ2v) is 7.86. The predicted octanol–water partition coefficient (Wildman–Crippen LogP) is 5.70. The molecule has 0 aliphatic rings. The number of pyridine rings is 1. The number of methoxy groups -OCH3 is 1. The van der Waals surface area contributed by atoms with Gasteiger partial charge in [0, 0.05) is 30.8 Å². The largest absolute Gasteiger partial charge is 0.494 e. The van der Waals surface area contributed by atoms with Crippen molar-refractivity contribution < 1.29 is 18.3 Å². The maximum atomic E-state index is 15.5. The van der Waals surface area contributed by atoms with Gasteiger partial charge in [-0.15, -0.1) is 0 Å². The van der Waals surface area contributed by atoms with Crippen LogP contribution in [-0.4, -0.2) is 31.6 Å². The number of aryl methyl sites for hydroxylation is 1. The molecule has 1 N–H and O–H groups in total. The standard InChI is InChI=1S/C23H17ClF2N6O2/c1-11-16(34-12-6-13(25)22-15(7-12)29-10-32(22)2)8-17(33-3)21(19(11)26)31-23-20-14(27-9-28-23)4-5-18(24)30-20/h4-10H,1-3H3,(H,27,28,31). The molecule has 0 amide bonds. The van der Waals surface area contributed by atoms with E-state index in [0.29, 0.717) is 22.1 Å². The molecule has 0 unspecified atom stereocenters. The maximum absolute atomic E-state index is 15.5. The number of ether oxygens (including phenoxy) is 2. The molecule has 0 spiro atoms. The Kier molecular flexibility index (Phi) is 5.37. The van der Waals surface area contributed by atoms with Gasteiger partial charge in [-0.2, -0.15) is 0 Å². The van der Waals surface area contributed by atoms with E-state index in [-0.39, 0.29) is 39.5 Å². The molecular weight excluding hydrogens is 466 g/mol. The Balaban J connectivity index is 1.55. The zero-order valence-electron chi connectivity index (χ0n) is 18.2. The number of halogens is 3. The average molecular weight is 483 g/mol. The predicted molar refractivity (Wildman–Crippen MR) is 124 cm³/mol. The van der Waals surface area contributed by atoms with Crippen LogP contribution in [0.5, 0.6) is 17.2 Å². The molecule has 34 heavy (non-hydrogen) atoms. The second-order valence-electron chi connectivity index (χ2n) is 7.47. The summed E-state index contributed by atoms with van der Waals surface area (Å²) in [6.45, 7) is 1.54. The van der Waals surface area contributed by atoms with E-state index in [0.717, 1.165) is 0 Å². The Morgan fingerprint density at radius 3 is 2.65 bits per heavy atom. The molecule has 0 saturated carbocycles. The van der Waals surface area contributed by atoms with E-state index < -0.39 is 11.6 Å². The van der Waals surface area contributed by atoms with Crippen LogP contribution in [-0.2, 0) is 7.05 Å². The lowest BCUT2D eigenvalue weighted by atomic mass is 10.1. The molecule has 0 bridgehead atoms. The second kappa shape index (κ2) is 8.38. The van der Waals surface area contributed by atoms with Crippen molar-refractivity contribution in [2.24, 2.45) is 7.05 Å². The van der Waals surface area contributed by atoms with Gasteiger partial charge in [-0.3, -0.25) is 0 Å². The minimum atomic E-state index is -0.637. The summed E-state index contributed by atoms with van der Waals surface area (Å²) in [6, 6.07) is 7.60. The van der Waals surface area contributed by atoms with Crippen LogP contribution >= 0.6 is 11.6 Å². The molecular formula is C23H17ClF2N6O2. The first-order valence-corrected chi connectivity index (χ1v) is 10.4. The van der Waals surface area contributed by atoms with Crippen LogP contribution in [0.1, 0.15) is 5.56 Å². The third-order valence-electron chi connectivity index (χ3n) is 5.31. The third kappa shape index (κ3) is 3.71. The number of benzene rings is 2. The first-order chi connectivity index (χ1) is 16.4. The first kappa shape index (κ1) is 21.8. The number of nitrogens with zero attached hydrogens (tertiary/aromatic N) is 5. The quantitative estimate of drug-likeness (QED) is 0.322. The van der Waals surface area contributed by atoms with Crippen molar-refractivity contribution in [1.82, 2.24) is 24.5 Å². The van der Waals surface area contributed by atoms with Crippen LogP contribution in [0, 0.1) is 18.6 Å². The summed E-state index contributed by atoms with van der Waals surface area (Å²) in [5, 5.41) is 3.17. The summed E-state index contributed by atoms with van der Waals surface area (Å²) >= 11 is 6.01. The Labute approximate surface area is 197 Å². The summed E-state index contributed by atoms with van der Waals surface area (Å²) in [5.41, 5.74) is 1.87. The van der Waals surface area contributed by atoms with Crippen LogP contribution < -0.4 is 14.8 Å². The molecule has 3 heterocycles. The molecule has 3 aromatic heterocycles. The number of fused-ring (bicyclic) bond motifs is 2. The number of hydrogen-bond donors (Lipinski definition) is 1. The van der Waals surface area contributed by atoms with Gasteiger partial charge in [-0.05, 0) is 19.1 Å². The molecule has 2 aromatic carbocycles. The first-order valence-electron chi connectivity index (χ1n) is 10.1. The molecule has 0 atom stereocenters. The van der Waals surface area contributed by atoms with E-state index in [9.17, 15) is 4.39 Å². The van der Waals surface area contributed by atoms with Gasteiger partial charge in [0.05, 0.1) is 24.5 Å². The zero-order valence-corrected chi connectivity index (χ0v) is 19.0. The van der Waals surface area contributed by atoms with Gasteiger partial charge in [0.1, 0.15) is 45.4 Å². The van der Waals surface area contributed by atoms with Crippen molar-refractivity contribution >= 4 is 45.2 Å². The molecule has 5 aromatic rings. The van der Waals surface area contributed by atoms with Gasteiger partial charge in [0.2, 0.25) is 0 Å². The molecule has 11 heteroatoms. The Hall–Kier alpha value is -4.05. The fraction of sp³-hybridized carbons (Fsp3) is 0.130. The zero-order chi connectivity index (χ0) is 24.0. The molecule has 0 saturated heterocycles. The highest BCUT2D eigenvalue weighted by Gasteiger charge is 2.21. The third-order valence-corrected chi connectivity index (χ3v) is 5.52. The van der Waals surface area contributed by atoms with Gasteiger partial charge in [-0.25, -0.2) is 28.7 Å². The number of rotatable bonds is 5. The highest BCUT2D eigenvalue weighted by molar-refractivity contribution is 6.29. The smallest absolute Gasteiger partial charge is 0.160 e. The lowest BCUT2D eigenvalue weighted by molar-refractivity contribution is 0.405. The normalized spacial score (nSPS) is 11.2. The summed E-state index contributed by atoms with van der Waals surface area (Å²) in [4.78, 5) is 16.7. The van der Waals surface area contributed by atoms with Gasteiger partial charge < -0.3 is 19.4 Å². The molecule has 0 aliphatic heterocycles. The summed E-state index contributed by atoms with van der Waals surface area (Å²) in [5.74, 6) is -0.412. The van der Waals surface area contributed by atoms with Crippen LogP contribution in [0.2, 0.25) is 5.15 Å². The molecule has 8 nitrogen and oxygen atoms in total. The minimum absolute atomic E-state index is 0.0282. The van der Waals surface area contributed by atoms with Crippen LogP contribution in [0.15, 0.2) is 43.0 Å². The Morgan fingerprint density at radius 2 is 1.85 bits per heavy atom. The number of hydrogen-bond acceptors (Lipinski definition) is 7. The van der Waals surface area contributed by atoms with Crippen molar-refractivity contribution in [2.75, 3.05) is 12.4 Å². The number of imidazole rings is 1. The van der Waals surface area contributed by atoms with E-state index in [1.807, 2.05) is 0 Å². The fourth-order valence-electron chi connectivity index (χ4n) is 3.61. The van der Waals surface area contributed by atoms with E-state index >= 15 is 4.39 Å². The molecule has 5 rings (SSSR count). The number of nitrogens with one attached hydrogen (secondary N) is 1. The lowest BCUT2D eigenvalue weighted by Crippen LogP contribution is -2.04. The van der Waals surface area contributed by atoms with Gasteiger partial charge in [0.15, 0.2) is 17.5 Å². The highest BCUT2D eigenvalue weighted by atomic mass is 35.5. The lowest BCUT2D eigenvalue weighted by Gasteiger charge is -2.17. The summed E-state index contributed by atoms with van der Waals surface area (Å²) in [7, 11) is 3.09. The molecule has 0 radical (unpaired) electrons. The van der Waals surface area contributed by atoms with Crippen molar-refractivity contribution in [2.45, 2.75) is 6.92 Å². The Morgan fingerprint density at radius 1 is 1.03 bits per heavy atom. The van der Waals surface area contributed by atoms with Gasteiger partial charge in [0.25, 0.3) is 0 Å². The molecule has 0 aliphatic carbocycles. The summed E-state index contributed by atoms with van der Waals surface area (Å²) < 4.78 is 42.9. The average Bonchev–Trinajstić information content (AvgIpc) is 3.20. The highest BCUT2D eigenvalue weighted by Crippen LogP contribution is 2.40. The van der Waals surface area contributed by atoms with Crippen LogP contribution in [0.25, 0.3) is 22.1 Å². The van der Waals surface area contributed by atoms with Gasteiger partial charge in [-0.1, -0.05) is 11.6 Å². The monoisotopic (exact) mass is 482 g/mol.